The molecule has 124 valence electrons. The van der Waals surface area contributed by atoms with Gasteiger partial charge >= 0.3 is 5.97 Å². The monoisotopic (exact) mass is 315 g/mol. The Morgan fingerprint density at radius 3 is 2.57 bits per heavy atom. The molecule has 0 amide bonds. The molecule has 0 saturated carbocycles. The molecule has 0 bridgehead atoms. The Labute approximate surface area is 136 Å². The van der Waals surface area contributed by atoms with E-state index in [-0.39, 0.29) is 5.43 Å². The van der Waals surface area contributed by atoms with E-state index in [1.807, 2.05) is 25.1 Å². The van der Waals surface area contributed by atoms with Gasteiger partial charge in [-0.15, -0.1) is 0 Å². The van der Waals surface area contributed by atoms with Gasteiger partial charge < -0.3 is 9.72 Å². The lowest BCUT2D eigenvalue weighted by Crippen LogP contribution is -2.20. The first-order valence-electron chi connectivity index (χ1n) is 8.47. The van der Waals surface area contributed by atoms with Crippen LogP contribution in [0.1, 0.15) is 61.6 Å². The zero-order valence-corrected chi connectivity index (χ0v) is 14.2. The van der Waals surface area contributed by atoms with Crippen molar-refractivity contribution in [2.75, 3.05) is 6.61 Å². The van der Waals surface area contributed by atoms with Gasteiger partial charge in [-0.25, -0.2) is 4.79 Å². The topological polar surface area (TPSA) is 59.2 Å². The van der Waals surface area contributed by atoms with Gasteiger partial charge in [0.1, 0.15) is 5.69 Å². The number of carbonyl (C=O) groups is 1. The maximum absolute atomic E-state index is 12.8. The molecule has 23 heavy (non-hydrogen) atoms. The lowest BCUT2D eigenvalue weighted by atomic mass is 10.0. The lowest BCUT2D eigenvalue weighted by Gasteiger charge is -2.11. The van der Waals surface area contributed by atoms with Gasteiger partial charge in [0.25, 0.3) is 0 Å². The number of aromatic amines is 1. The maximum atomic E-state index is 12.8. The Kier molecular flexibility index (Phi) is 5.97. The first-order valence-corrected chi connectivity index (χ1v) is 8.47. The molecule has 0 spiro atoms. The number of hydrogen-bond acceptors (Lipinski definition) is 3. The second kappa shape index (κ2) is 7.95. The summed E-state index contributed by atoms with van der Waals surface area (Å²) in [5, 5.41) is 0.662. The Balaban J connectivity index is 2.59. The third kappa shape index (κ3) is 3.81. The van der Waals surface area contributed by atoms with Crippen molar-refractivity contribution >= 4 is 16.9 Å². The molecule has 1 N–H and O–H groups in total. The molecule has 0 atom stereocenters. The number of unbranched alkanes of at least 4 members (excludes halogenated alkanes) is 1. The molecular formula is C19H25NO3. The molecular weight excluding hydrogens is 290 g/mol. The molecule has 0 aliphatic carbocycles. The highest BCUT2D eigenvalue weighted by molar-refractivity contribution is 5.93. The van der Waals surface area contributed by atoms with Crippen LogP contribution in [0.3, 0.4) is 0 Å². The summed E-state index contributed by atoms with van der Waals surface area (Å²) in [5.41, 5.74) is 2.63. The SMILES string of the molecule is CCCCc1ccc2[nH]c(C(=O)OCC)c(CCC)c(=O)c2c1. The number of benzene rings is 1. The third-order valence-electron chi connectivity index (χ3n) is 3.96. The van der Waals surface area contributed by atoms with Gasteiger partial charge in [-0.1, -0.05) is 32.8 Å². The standard InChI is InChI=1S/C19H25NO3/c1-4-7-9-13-10-11-16-15(12-13)18(21)14(8-5-2)17(20-16)19(22)23-6-3/h10-12H,4-9H2,1-3H3,(H,20,21). The van der Waals surface area contributed by atoms with Gasteiger partial charge in [0, 0.05) is 16.5 Å². The van der Waals surface area contributed by atoms with Crippen molar-refractivity contribution in [3.8, 4) is 0 Å². The van der Waals surface area contributed by atoms with E-state index in [0.717, 1.165) is 31.2 Å². The van der Waals surface area contributed by atoms with Crippen LogP contribution < -0.4 is 5.43 Å². The number of H-pyrrole nitrogens is 1. The second-order valence-electron chi connectivity index (χ2n) is 5.76. The Bertz CT molecular complexity index is 746. The van der Waals surface area contributed by atoms with E-state index in [0.29, 0.717) is 35.2 Å². The fraction of sp³-hybridized carbons (Fsp3) is 0.474. The summed E-state index contributed by atoms with van der Waals surface area (Å²) >= 11 is 0. The van der Waals surface area contributed by atoms with Crippen LogP contribution in [0.2, 0.25) is 0 Å². The summed E-state index contributed by atoms with van der Waals surface area (Å²) in [5.74, 6) is -0.454. The average Bonchev–Trinajstić information content (AvgIpc) is 2.55. The number of nitrogens with one attached hydrogen (secondary N) is 1. The quantitative estimate of drug-likeness (QED) is 0.786. The van der Waals surface area contributed by atoms with Crippen LogP contribution in [0.15, 0.2) is 23.0 Å². The average molecular weight is 315 g/mol. The molecule has 1 aromatic carbocycles. The summed E-state index contributed by atoms with van der Waals surface area (Å²) in [7, 11) is 0. The molecule has 4 nitrogen and oxygen atoms in total. The third-order valence-corrected chi connectivity index (χ3v) is 3.96. The van der Waals surface area contributed by atoms with Crippen molar-refractivity contribution in [2.24, 2.45) is 0 Å². The van der Waals surface area contributed by atoms with E-state index in [9.17, 15) is 9.59 Å². The van der Waals surface area contributed by atoms with Gasteiger partial charge in [0.05, 0.1) is 6.61 Å². The smallest absolute Gasteiger partial charge is 0.355 e. The van der Waals surface area contributed by atoms with Gasteiger partial charge in [0.2, 0.25) is 0 Å². The summed E-state index contributed by atoms with van der Waals surface area (Å²) in [6, 6.07) is 5.86. The van der Waals surface area contributed by atoms with E-state index < -0.39 is 5.97 Å². The zero-order chi connectivity index (χ0) is 16.8. The molecule has 0 radical (unpaired) electrons. The highest BCUT2D eigenvalue weighted by Gasteiger charge is 2.18. The minimum atomic E-state index is -0.454. The van der Waals surface area contributed by atoms with Crippen LogP contribution in [0.5, 0.6) is 0 Å². The van der Waals surface area contributed by atoms with Gasteiger partial charge in [-0.05, 0) is 43.9 Å². The number of aryl methyl sites for hydroxylation is 1. The molecule has 1 heterocycles. The minimum Gasteiger partial charge on any atom is -0.461 e. The molecule has 0 aliphatic rings. The van der Waals surface area contributed by atoms with E-state index in [1.54, 1.807) is 6.92 Å². The number of aromatic nitrogens is 1. The lowest BCUT2D eigenvalue weighted by molar-refractivity contribution is 0.0518. The maximum Gasteiger partial charge on any atom is 0.355 e. The fourth-order valence-corrected chi connectivity index (χ4v) is 2.78. The summed E-state index contributed by atoms with van der Waals surface area (Å²) in [6.45, 7) is 6.20. The molecule has 1 aromatic heterocycles. The van der Waals surface area contributed by atoms with E-state index in [4.69, 9.17) is 4.74 Å². The Morgan fingerprint density at radius 1 is 1.13 bits per heavy atom. The van der Waals surface area contributed by atoms with Crippen molar-refractivity contribution in [2.45, 2.75) is 52.9 Å². The van der Waals surface area contributed by atoms with E-state index in [1.165, 1.54) is 0 Å². The summed E-state index contributed by atoms with van der Waals surface area (Å²) in [6.07, 6.45) is 4.56. The largest absolute Gasteiger partial charge is 0.461 e. The van der Waals surface area contributed by atoms with Crippen LogP contribution in [-0.2, 0) is 17.6 Å². The predicted molar refractivity (Wildman–Crippen MR) is 93.1 cm³/mol. The van der Waals surface area contributed by atoms with E-state index in [2.05, 4.69) is 11.9 Å². The number of ether oxygens (including phenoxy) is 1. The number of esters is 1. The molecule has 2 rings (SSSR count). The minimum absolute atomic E-state index is 0.0537. The molecule has 2 aromatic rings. The Morgan fingerprint density at radius 2 is 1.91 bits per heavy atom. The van der Waals surface area contributed by atoms with Gasteiger partial charge in [0.15, 0.2) is 5.43 Å². The summed E-state index contributed by atoms with van der Waals surface area (Å²) in [4.78, 5) is 28.1. The van der Waals surface area contributed by atoms with Crippen LogP contribution in [0.25, 0.3) is 10.9 Å². The van der Waals surface area contributed by atoms with Crippen LogP contribution >= 0.6 is 0 Å². The predicted octanol–water partition coefficient (Wildman–Crippen LogP) is 4.00. The second-order valence-corrected chi connectivity index (χ2v) is 5.76. The molecule has 0 fully saturated rings. The molecule has 4 heteroatoms. The first kappa shape index (κ1) is 17.3. The van der Waals surface area contributed by atoms with Crippen molar-refractivity contribution in [3.63, 3.8) is 0 Å². The number of rotatable bonds is 7. The molecule has 0 unspecified atom stereocenters. The molecule has 0 saturated heterocycles. The highest BCUT2D eigenvalue weighted by atomic mass is 16.5. The van der Waals surface area contributed by atoms with Crippen LogP contribution in [0, 0.1) is 0 Å². The van der Waals surface area contributed by atoms with Crippen molar-refractivity contribution in [3.05, 3.63) is 45.2 Å². The van der Waals surface area contributed by atoms with Crippen molar-refractivity contribution in [1.82, 2.24) is 4.98 Å². The summed E-state index contributed by atoms with van der Waals surface area (Å²) < 4.78 is 5.09. The number of fused-ring (bicyclic) bond motifs is 1. The zero-order valence-electron chi connectivity index (χ0n) is 14.2. The van der Waals surface area contributed by atoms with Crippen molar-refractivity contribution < 1.29 is 9.53 Å². The van der Waals surface area contributed by atoms with E-state index >= 15 is 0 Å². The normalized spacial score (nSPS) is 10.9. The number of carbonyl (C=O) groups excluding carboxylic acids is 1. The van der Waals surface area contributed by atoms with Crippen molar-refractivity contribution in [1.29, 1.82) is 0 Å². The van der Waals surface area contributed by atoms with Crippen LogP contribution in [0.4, 0.5) is 0 Å². The fourth-order valence-electron chi connectivity index (χ4n) is 2.78. The highest BCUT2D eigenvalue weighted by Crippen LogP contribution is 2.17. The van der Waals surface area contributed by atoms with Gasteiger partial charge in [-0.3, -0.25) is 4.79 Å². The number of pyridine rings is 1. The Hall–Kier alpha value is -2.10. The van der Waals surface area contributed by atoms with Crippen LogP contribution in [-0.4, -0.2) is 17.6 Å². The number of hydrogen-bond donors (Lipinski definition) is 1. The van der Waals surface area contributed by atoms with Gasteiger partial charge in [-0.2, -0.15) is 0 Å². The first-order chi connectivity index (χ1) is 11.1. The molecule has 0 aliphatic heterocycles.